The van der Waals surface area contributed by atoms with Crippen LogP contribution in [0.5, 0.6) is 11.5 Å². The molecule has 6 heteroatoms. The maximum Gasteiger partial charge on any atom is 0.249 e. The first-order chi connectivity index (χ1) is 16.0. The van der Waals surface area contributed by atoms with Crippen molar-refractivity contribution in [3.8, 4) is 22.6 Å². The van der Waals surface area contributed by atoms with Gasteiger partial charge < -0.3 is 19.2 Å². The van der Waals surface area contributed by atoms with Gasteiger partial charge in [-0.1, -0.05) is 18.2 Å². The number of aromatic nitrogens is 1. The minimum atomic E-state index is -0.258. The van der Waals surface area contributed by atoms with Crippen molar-refractivity contribution >= 4 is 28.3 Å². The van der Waals surface area contributed by atoms with E-state index < -0.39 is 0 Å². The lowest BCUT2D eigenvalue weighted by atomic mass is 9.99. The number of fused-ring (bicyclic) bond motifs is 1. The van der Waals surface area contributed by atoms with Crippen LogP contribution >= 0.6 is 0 Å². The van der Waals surface area contributed by atoms with Crippen molar-refractivity contribution in [2.45, 2.75) is 20.8 Å². The number of aryl methyl sites for hydroxylation is 1. The lowest BCUT2D eigenvalue weighted by Gasteiger charge is -2.10. The number of benzene rings is 2. The maximum atomic E-state index is 12.6. The van der Waals surface area contributed by atoms with Crippen LogP contribution in [0.15, 0.2) is 71.4 Å². The molecule has 0 aliphatic carbocycles. The summed E-state index contributed by atoms with van der Waals surface area (Å²) in [5.41, 5.74) is 5.09. The number of furan rings is 1. The van der Waals surface area contributed by atoms with Crippen molar-refractivity contribution in [3.63, 3.8) is 0 Å². The van der Waals surface area contributed by atoms with E-state index in [4.69, 9.17) is 13.9 Å². The standard InChI is InChI=1S/C27H26N2O4/c1-5-32-20-11-9-19(10-12-20)23-16-33-25-15-24(31-4)21(14-22(23)25)17(2)13-27(30)29-26-8-6-7-18(3)28-26/h6-16H,5H2,1-4H3,(H,28,29,30)/b17-13+. The van der Waals surface area contributed by atoms with Crippen molar-refractivity contribution < 1.29 is 18.7 Å². The van der Waals surface area contributed by atoms with Gasteiger partial charge in [0.1, 0.15) is 22.9 Å². The monoisotopic (exact) mass is 442 g/mol. The molecule has 6 nitrogen and oxygen atoms in total. The Bertz CT molecular complexity index is 1320. The van der Waals surface area contributed by atoms with E-state index in [0.717, 1.165) is 39.1 Å². The van der Waals surface area contributed by atoms with Crippen molar-refractivity contribution in [2.75, 3.05) is 19.0 Å². The molecule has 0 saturated carbocycles. The van der Waals surface area contributed by atoms with Crippen LogP contribution in [0, 0.1) is 6.92 Å². The van der Waals surface area contributed by atoms with E-state index in [1.165, 1.54) is 0 Å². The molecule has 1 N–H and O–H groups in total. The van der Waals surface area contributed by atoms with Crippen LogP contribution in [-0.4, -0.2) is 24.6 Å². The molecular weight excluding hydrogens is 416 g/mol. The fraction of sp³-hybridized carbons (Fsp3) is 0.185. The van der Waals surface area contributed by atoms with Gasteiger partial charge in [-0.3, -0.25) is 4.79 Å². The summed E-state index contributed by atoms with van der Waals surface area (Å²) in [7, 11) is 1.60. The number of rotatable bonds is 7. The Hall–Kier alpha value is -4.06. The van der Waals surface area contributed by atoms with Crippen molar-refractivity contribution in [1.29, 1.82) is 0 Å². The first-order valence-electron chi connectivity index (χ1n) is 10.7. The summed E-state index contributed by atoms with van der Waals surface area (Å²) < 4.78 is 16.9. The molecule has 2 heterocycles. The summed E-state index contributed by atoms with van der Waals surface area (Å²) in [6.45, 7) is 6.34. The van der Waals surface area contributed by atoms with E-state index in [9.17, 15) is 4.79 Å². The van der Waals surface area contributed by atoms with E-state index in [2.05, 4.69) is 10.3 Å². The number of nitrogens with zero attached hydrogens (tertiary/aromatic N) is 1. The third kappa shape index (κ3) is 4.90. The minimum absolute atomic E-state index is 0.258. The molecular formula is C27H26N2O4. The predicted octanol–water partition coefficient (Wildman–Crippen LogP) is 6.25. The van der Waals surface area contributed by atoms with Crippen LogP contribution in [0.2, 0.25) is 0 Å². The van der Waals surface area contributed by atoms with Crippen molar-refractivity contribution in [1.82, 2.24) is 4.98 Å². The Morgan fingerprint density at radius 1 is 1.15 bits per heavy atom. The molecule has 2 aromatic carbocycles. The Morgan fingerprint density at radius 3 is 2.64 bits per heavy atom. The lowest BCUT2D eigenvalue weighted by molar-refractivity contribution is -0.111. The molecule has 1 amide bonds. The topological polar surface area (TPSA) is 73.6 Å². The zero-order chi connectivity index (χ0) is 23.4. The molecule has 0 saturated heterocycles. The van der Waals surface area contributed by atoms with Gasteiger partial charge >= 0.3 is 0 Å². The Balaban J connectivity index is 1.68. The van der Waals surface area contributed by atoms with Crippen LogP contribution in [0.1, 0.15) is 25.1 Å². The SMILES string of the molecule is CCOc1ccc(-c2coc3cc(OC)c(/C(C)=C/C(=O)Nc4cccc(C)n4)cc23)cc1. The number of hydrogen-bond acceptors (Lipinski definition) is 5. The third-order valence-corrected chi connectivity index (χ3v) is 5.28. The lowest BCUT2D eigenvalue weighted by Crippen LogP contribution is -2.10. The highest BCUT2D eigenvalue weighted by Crippen LogP contribution is 2.37. The predicted molar refractivity (Wildman–Crippen MR) is 131 cm³/mol. The van der Waals surface area contributed by atoms with Crippen LogP contribution < -0.4 is 14.8 Å². The molecule has 168 valence electrons. The van der Waals surface area contributed by atoms with Crippen molar-refractivity contribution in [3.05, 3.63) is 78.2 Å². The Kier molecular flexibility index (Phi) is 6.45. The number of carbonyl (C=O) groups excluding carboxylic acids is 1. The van der Waals surface area contributed by atoms with Gasteiger partial charge in [0.2, 0.25) is 5.91 Å². The molecule has 0 atom stereocenters. The number of anilines is 1. The molecule has 33 heavy (non-hydrogen) atoms. The second-order valence-corrected chi connectivity index (χ2v) is 7.64. The average Bonchev–Trinajstić information content (AvgIpc) is 3.21. The summed E-state index contributed by atoms with van der Waals surface area (Å²) in [5.74, 6) is 1.71. The highest BCUT2D eigenvalue weighted by atomic mass is 16.5. The molecule has 0 radical (unpaired) electrons. The summed E-state index contributed by atoms with van der Waals surface area (Å²) in [5, 5.41) is 3.74. The molecule has 0 aliphatic heterocycles. The van der Waals surface area contributed by atoms with E-state index in [1.807, 2.05) is 69.3 Å². The number of ether oxygens (including phenoxy) is 2. The quantitative estimate of drug-likeness (QED) is 0.342. The number of hydrogen-bond donors (Lipinski definition) is 1. The van der Waals surface area contributed by atoms with Gasteiger partial charge in [-0.15, -0.1) is 0 Å². The Morgan fingerprint density at radius 2 is 1.94 bits per heavy atom. The molecule has 4 aromatic rings. The second kappa shape index (κ2) is 9.61. The molecule has 0 bridgehead atoms. The summed E-state index contributed by atoms with van der Waals surface area (Å²) in [4.78, 5) is 16.9. The van der Waals surface area contributed by atoms with Gasteiger partial charge in [-0.2, -0.15) is 0 Å². The fourth-order valence-corrected chi connectivity index (χ4v) is 3.70. The molecule has 0 fully saturated rings. The summed E-state index contributed by atoms with van der Waals surface area (Å²) in [6, 6.07) is 17.2. The van der Waals surface area contributed by atoms with Crippen molar-refractivity contribution in [2.24, 2.45) is 0 Å². The maximum absolute atomic E-state index is 12.6. The first-order valence-corrected chi connectivity index (χ1v) is 10.7. The van der Waals surface area contributed by atoms with Crippen LogP contribution in [0.25, 0.3) is 27.7 Å². The highest BCUT2D eigenvalue weighted by molar-refractivity contribution is 6.05. The van der Waals surface area contributed by atoms with Gasteiger partial charge in [0.15, 0.2) is 0 Å². The van der Waals surface area contributed by atoms with E-state index in [0.29, 0.717) is 23.8 Å². The van der Waals surface area contributed by atoms with Gasteiger partial charge in [0.05, 0.1) is 20.0 Å². The van der Waals surface area contributed by atoms with E-state index in [1.54, 1.807) is 25.5 Å². The normalized spacial score (nSPS) is 11.5. The number of allylic oxidation sites excluding steroid dienone is 1. The largest absolute Gasteiger partial charge is 0.496 e. The van der Waals surface area contributed by atoms with Crippen LogP contribution in [-0.2, 0) is 4.79 Å². The minimum Gasteiger partial charge on any atom is -0.496 e. The van der Waals surface area contributed by atoms with E-state index in [-0.39, 0.29) is 5.91 Å². The molecule has 0 spiro atoms. The highest BCUT2D eigenvalue weighted by Gasteiger charge is 2.15. The number of nitrogens with one attached hydrogen (secondary N) is 1. The smallest absolute Gasteiger partial charge is 0.249 e. The third-order valence-electron chi connectivity index (χ3n) is 5.28. The van der Waals surface area contributed by atoms with Gasteiger partial charge in [-0.25, -0.2) is 4.98 Å². The Labute approximate surface area is 192 Å². The van der Waals surface area contributed by atoms with Gasteiger partial charge in [-0.05, 0) is 62.2 Å². The zero-order valence-electron chi connectivity index (χ0n) is 19.1. The number of amides is 1. The number of methoxy groups -OCH3 is 1. The molecule has 0 aliphatic rings. The van der Waals surface area contributed by atoms with E-state index >= 15 is 0 Å². The first kappa shape index (κ1) is 22.1. The van der Waals surface area contributed by atoms with Gasteiger partial charge in [0.25, 0.3) is 0 Å². The van der Waals surface area contributed by atoms with Crippen LogP contribution in [0.4, 0.5) is 5.82 Å². The number of pyridine rings is 1. The molecule has 0 unspecified atom stereocenters. The molecule has 4 rings (SSSR count). The summed E-state index contributed by atoms with van der Waals surface area (Å²) >= 11 is 0. The number of carbonyl (C=O) groups is 1. The van der Waals surface area contributed by atoms with Crippen LogP contribution in [0.3, 0.4) is 0 Å². The molecule has 2 aromatic heterocycles. The fourth-order valence-electron chi connectivity index (χ4n) is 3.70. The average molecular weight is 443 g/mol. The van der Waals surface area contributed by atoms with Gasteiger partial charge in [0, 0.05) is 34.3 Å². The summed E-state index contributed by atoms with van der Waals surface area (Å²) in [6.07, 6.45) is 3.28. The second-order valence-electron chi connectivity index (χ2n) is 7.64. The zero-order valence-corrected chi connectivity index (χ0v) is 19.1.